The quantitative estimate of drug-likeness (QED) is 0.490. The minimum atomic E-state index is -0.128. The van der Waals surface area contributed by atoms with Gasteiger partial charge in [0.25, 0.3) is 0 Å². The van der Waals surface area contributed by atoms with Crippen LogP contribution < -0.4 is 0 Å². The molecule has 1 fully saturated rings. The molecule has 1 atom stereocenters. The van der Waals surface area contributed by atoms with E-state index in [1.807, 2.05) is 4.90 Å². The van der Waals surface area contributed by atoms with Crippen LogP contribution >= 0.6 is 12.6 Å². The van der Waals surface area contributed by atoms with Crippen molar-refractivity contribution in [3.05, 3.63) is 0 Å². The summed E-state index contributed by atoms with van der Waals surface area (Å²) in [5, 5.41) is 0. The number of methoxy groups -OCH3 is 1. The number of ether oxygens (including phenoxy) is 1. The fourth-order valence-corrected chi connectivity index (χ4v) is 1.74. The van der Waals surface area contributed by atoms with Crippen LogP contribution in [0.25, 0.3) is 0 Å². The molecule has 0 radical (unpaired) electrons. The van der Waals surface area contributed by atoms with Gasteiger partial charge in [-0.1, -0.05) is 0 Å². The fraction of sp³-hybridized carbons (Fsp3) is 0.857. The summed E-state index contributed by atoms with van der Waals surface area (Å²) >= 11 is 4.13. The Balaban J connectivity index is 2.49. The lowest BCUT2D eigenvalue weighted by Gasteiger charge is -2.19. The first-order chi connectivity index (χ1) is 5.29. The second-order valence-corrected chi connectivity index (χ2v) is 2.92. The van der Waals surface area contributed by atoms with Crippen LogP contribution in [0.1, 0.15) is 12.8 Å². The molecular weight excluding hydrogens is 162 g/mol. The molecule has 1 aliphatic rings. The van der Waals surface area contributed by atoms with Crippen molar-refractivity contribution in [1.29, 1.82) is 0 Å². The number of thiol groups is 1. The normalized spacial score (nSPS) is 25.5. The summed E-state index contributed by atoms with van der Waals surface area (Å²) in [6, 6.07) is -0.0440. The first-order valence-electron chi connectivity index (χ1n) is 3.72. The molecule has 1 unspecified atom stereocenters. The second-order valence-electron chi connectivity index (χ2n) is 2.63. The zero-order valence-electron chi connectivity index (χ0n) is 6.62. The average molecular weight is 175 g/mol. The average Bonchev–Trinajstić information content (AvgIpc) is 2.50. The summed E-state index contributed by atoms with van der Waals surface area (Å²) in [5.41, 5.74) is 0. The Hall–Kier alpha value is -0.220. The molecule has 0 amide bonds. The first-order valence-corrected chi connectivity index (χ1v) is 4.35. The molecule has 64 valence electrons. The van der Waals surface area contributed by atoms with Crippen LogP contribution in [0.15, 0.2) is 0 Å². The van der Waals surface area contributed by atoms with Crippen LogP contribution in [-0.4, -0.2) is 36.4 Å². The van der Waals surface area contributed by atoms with Crippen molar-refractivity contribution in [2.75, 3.05) is 19.5 Å². The first kappa shape index (κ1) is 8.87. The van der Waals surface area contributed by atoms with Crippen LogP contribution in [0.5, 0.6) is 0 Å². The van der Waals surface area contributed by atoms with Crippen LogP contribution in [-0.2, 0) is 9.53 Å². The Morgan fingerprint density at radius 3 is 3.09 bits per heavy atom. The molecule has 1 heterocycles. The molecule has 3 nitrogen and oxygen atoms in total. The number of carbonyl (C=O) groups is 1. The topological polar surface area (TPSA) is 29.5 Å². The van der Waals surface area contributed by atoms with Gasteiger partial charge in [0.2, 0.25) is 0 Å². The number of carbonyl (C=O) groups excluding carboxylic acids is 1. The van der Waals surface area contributed by atoms with Gasteiger partial charge in [-0.2, -0.15) is 12.6 Å². The van der Waals surface area contributed by atoms with Gasteiger partial charge >= 0.3 is 5.97 Å². The zero-order chi connectivity index (χ0) is 8.27. The number of hydrogen-bond donors (Lipinski definition) is 1. The van der Waals surface area contributed by atoms with Gasteiger partial charge in [-0.25, -0.2) is 0 Å². The van der Waals surface area contributed by atoms with Crippen LogP contribution in [0.4, 0.5) is 0 Å². The van der Waals surface area contributed by atoms with Gasteiger partial charge in [0.05, 0.1) is 7.11 Å². The Labute approximate surface area is 72.1 Å². The van der Waals surface area contributed by atoms with Gasteiger partial charge in [-0.3, -0.25) is 9.69 Å². The van der Waals surface area contributed by atoms with E-state index in [9.17, 15) is 4.79 Å². The van der Waals surface area contributed by atoms with E-state index in [0.717, 1.165) is 19.4 Å². The lowest BCUT2D eigenvalue weighted by molar-refractivity contribution is -0.145. The van der Waals surface area contributed by atoms with E-state index in [1.165, 1.54) is 7.11 Å². The monoisotopic (exact) mass is 175 g/mol. The number of nitrogens with zero attached hydrogens (tertiary/aromatic N) is 1. The summed E-state index contributed by atoms with van der Waals surface area (Å²) in [4.78, 5) is 13.1. The summed E-state index contributed by atoms with van der Waals surface area (Å²) in [6.07, 6.45) is 1.98. The molecular formula is C7H13NO2S. The van der Waals surface area contributed by atoms with Crippen molar-refractivity contribution < 1.29 is 9.53 Å². The second kappa shape index (κ2) is 3.97. The highest BCUT2D eigenvalue weighted by atomic mass is 32.1. The third-order valence-corrected chi connectivity index (χ3v) is 2.38. The van der Waals surface area contributed by atoms with Gasteiger partial charge in [0.1, 0.15) is 6.04 Å². The molecule has 11 heavy (non-hydrogen) atoms. The van der Waals surface area contributed by atoms with Crippen molar-refractivity contribution in [1.82, 2.24) is 4.90 Å². The van der Waals surface area contributed by atoms with Crippen molar-refractivity contribution in [3.8, 4) is 0 Å². The molecule has 0 spiro atoms. The molecule has 1 rings (SSSR count). The predicted octanol–water partition coefficient (Wildman–Crippen LogP) is 0.511. The molecule has 0 saturated carbocycles. The number of hydrogen-bond acceptors (Lipinski definition) is 4. The molecule has 0 aromatic rings. The van der Waals surface area contributed by atoms with Crippen molar-refractivity contribution in [2.24, 2.45) is 0 Å². The molecule has 1 saturated heterocycles. The number of rotatable bonds is 2. The van der Waals surface area contributed by atoms with Gasteiger partial charge in [0, 0.05) is 5.88 Å². The molecule has 0 aliphatic carbocycles. The van der Waals surface area contributed by atoms with E-state index in [0.29, 0.717) is 5.88 Å². The van der Waals surface area contributed by atoms with Crippen LogP contribution in [0, 0.1) is 0 Å². The molecule has 1 aliphatic heterocycles. The lowest BCUT2D eigenvalue weighted by Crippen LogP contribution is -2.35. The molecule has 0 aromatic heterocycles. The molecule has 0 aromatic carbocycles. The Kier molecular flexibility index (Phi) is 3.20. The van der Waals surface area contributed by atoms with Crippen LogP contribution in [0.2, 0.25) is 0 Å². The third-order valence-electron chi connectivity index (χ3n) is 2.02. The highest BCUT2D eigenvalue weighted by molar-refractivity contribution is 7.80. The van der Waals surface area contributed by atoms with Gasteiger partial charge in [0.15, 0.2) is 0 Å². The Morgan fingerprint density at radius 2 is 2.55 bits per heavy atom. The maximum absolute atomic E-state index is 11.1. The van der Waals surface area contributed by atoms with E-state index >= 15 is 0 Å². The predicted molar refractivity (Wildman–Crippen MR) is 45.6 cm³/mol. The van der Waals surface area contributed by atoms with E-state index in [1.54, 1.807) is 0 Å². The maximum Gasteiger partial charge on any atom is 0.323 e. The van der Waals surface area contributed by atoms with Crippen molar-refractivity contribution >= 4 is 18.6 Å². The highest BCUT2D eigenvalue weighted by Gasteiger charge is 2.30. The fourth-order valence-electron chi connectivity index (χ4n) is 1.40. The van der Waals surface area contributed by atoms with Gasteiger partial charge < -0.3 is 4.74 Å². The smallest absolute Gasteiger partial charge is 0.323 e. The van der Waals surface area contributed by atoms with E-state index in [4.69, 9.17) is 0 Å². The summed E-state index contributed by atoms with van der Waals surface area (Å²) in [6.45, 7) is 0.962. The highest BCUT2D eigenvalue weighted by Crippen LogP contribution is 2.17. The van der Waals surface area contributed by atoms with Gasteiger partial charge in [-0.05, 0) is 19.4 Å². The SMILES string of the molecule is COC(=O)C1CCCN1CS. The summed E-state index contributed by atoms with van der Waals surface area (Å²) in [7, 11) is 1.43. The lowest BCUT2D eigenvalue weighted by atomic mass is 10.2. The van der Waals surface area contributed by atoms with E-state index < -0.39 is 0 Å². The summed E-state index contributed by atoms with van der Waals surface area (Å²) < 4.78 is 4.65. The van der Waals surface area contributed by atoms with E-state index in [-0.39, 0.29) is 12.0 Å². The Morgan fingerprint density at radius 1 is 1.82 bits per heavy atom. The molecule has 4 heteroatoms. The van der Waals surface area contributed by atoms with Crippen molar-refractivity contribution in [3.63, 3.8) is 0 Å². The standard InChI is InChI=1S/C7H13NO2S/c1-10-7(9)6-3-2-4-8(6)5-11/h6,11H,2-5H2,1H3. The minimum absolute atomic E-state index is 0.0440. The van der Waals surface area contributed by atoms with Gasteiger partial charge in [-0.15, -0.1) is 0 Å². The third kappa shape index (κ3) is 1.87. The maximum atomic E-state index is 11.1. The summed E-state index contributed by atoms with van der Waals surface area (Å²) in [5.74, 6) is 0.510. The number of esters is 1. The zero-order valence-corrected chi connectivity index (χ0v) is 7.51. The van der Waals surface area contributed by atoms with E-state index in [2.05, 4.69) is 17.4 Å². The molecule has 0 bridgehead atoms. The number of likely N-dealkylation sites (tertiary alicyclic amines) is 1. The molecule has 0 N–H and O–H groups in total. The van der Waals surface area contributed by atoms with Crippen molar-refractivity contribution in [2.45, 2.75) is 18.9 Å². The Bertz CT molecular complexity index is 151. The largest absolute Gasteiger partial charge is 0.468 e. The van der Waals surface area contributed by atoms with Crippen LogP contribution in [0.3, 0.4) is 0 Å². The minimum Gasteiger partial charge on any atom is -0.468 e.